The number of hydrogen-bond donors (Lipinski definition) is 1. The van der Waals surface area contributed by atoms with Crippen LogP contribution in [0.4, 0.5) is 13.2 Å². The van der Waals surface area contributed by atoms with Crippen molar-refractivity contribution in [3.05, 3.63) is 12.2 Å². The molecular weight excluding hydrogens is 167 g/mol. The number of halogens is 3. The fraction of sp³-hybridized carbons (Fsp3) is 0.750. The van der Waals surface area contributed by atoms with Crippen molar-refractivity contribution in [1.82, 2.24) is 5.32 Å². The van der Waals surface area contributed by atoms with Crippen LogP contribution in [0.1, 0.15) is 19.8 Å². The van der Waals surface area contributed by atoms with Gasteiger partial charge < -0.3 is 0 Å². The van der Waals surface area contributed by atoms with Gasteiger partial charge >= 0.3 is 6.18 Å². The Balaban J connectivity index is 2.46. The van der Waals surface area contributed by atoms with Gasteiger partial charge in [0.1, 0.15) is 5.54 Å². The van der Waals surface area contributed by atoms with Gasteiger partial charge in [-0.2, -0.15) is 13.2 Å². The van der Waals surface area contributed by atoms with Crippen LogP contribution >= 0.6 is 0 Å². The summed E-state index contributed by atoms with van der Waals surface area (Å²) in [7, 11) is 0. The van der Waals surface area contributed by atoms with Gasteiger partial charge in [0.15, 0.2) is 0 Å². The molecule has 0 aromatic heterocycles. The molecule has 1 aliphatic rings. The topological polar surface area (TPSA) is 12.0 Å². The number of rotatable bonds is 3. The molecule has 4 heteroatoms. The number of alkyl halides is 3. The molecule has 70 valence electrons. The second kappa shape index (κ2) is 2.76. The lowest BCUT2D eigenvalue weighted by Gasteiger charge is -2.20. The second-order valence-corrected chi connectivity index (χ2v) is 3.39. The van der Waals surface area contributed by atoms with Crippen molar-refractivity contribution in [3.8, 4) is 0 Å². The molecule has 0 heterocycles. The highest BCUT2D eigenvalue weighted by atomic mass is 19.4. The fourth-order valence-electron chi connectivity index (χ4n) is 1.01. The lowest BCUT2D eigenvalue weighted by molar-refractivity contribution is -0.165. The largest absolute Gasteiger partial charge is 0.406 e. The van der Waals surface area contributed by atoms with Crippen molar-refractivity contribution in [2.75, 3.05) is 6.54 Å². The molecule has 0 aromatic carbocycles. The summed E-state index contributed by atoms with van der Waals surface area (Å²) in [6, 6.07) is 0. The summed E-state index contributed by atoms with van der Waals surface area (Å²) in [5, 5.41) is 2.48. The predicted octanol–water partition coefficient (Wildman–Crippen LogP) is 2.25. The molecule has 0 aromatic rings. The maximum absolute atomic E-state index is 12.3. The quantitative estimate of drug-likeness (QED) is 0.655. The Morgan fingerprint density at radius 3 is 2.25 bits per heavy atom. The molecular formula is C8H12F3N. The van der Waals surface area contributed by atoms with Crippen LogP contribution in [0.2, 0.25) is 0 Å². The van der Waals surface area contributed by atoms with Crippen molar-refractivity contribution in [2.24, 2.45) is 0 Å². The minimum atomic E-state index is -4.11. The van der Waals surface area contributed by atoms with E-state index in [4.69, 9.17) is 0 Å². The first kappa shape index (κ1) is 9.58. The first-order valence-electron chi connectivity index (χ1n) is 3.83. The molecule has 0 amide bonds. The molecule has 0 bridgehead atoms. The van der Waals surface area contributed by atoms with Gasteiger partial charge in [0.05, 0.1) is 0 Å². The van der Waals surface area contributed by atoms with Gasteiger partial charge in [0.2, 0.25) is 0 Å². The first-order chi connectivity index (χ1) is 5.37. The molecule has 1 nitrogen and oxygen atoms in total. The lowest BCUT2D eigenvalue weighted by atomic mass is 10.2. The molecule has 0 saturated heterocycles. The second-order valence-electron chi connectivity index (χ2n) is 3.39. The van der Waals surface area contributed by atoms with Crippen molar-refractivity contribution >= 4 is 0 Å². The Labute approximate surface area is 69.6 Å². The van der Waals surface area contributed by atoms with Crippen molar-refractivity contribution in [2.45, 2.75) is 31.5 Å². The van der Waals surface area contributed by atoms with Crippen LogP contribution in [0.15, 0.2) is 12.2 Å². The van der Waals surface area contributed by atoms with E-state index in [1.165, 1.54) is 0 Å². The van der Waals surface area contributed by atoms with Crippen LogP contribution in [0.5, 0.6) is 0 Å². The van der Waals surface area contributed by atoms with Crippen molar-refractivity contribution < 1.29 is 13.2 Å². The number of nitrogens with one attached hydrogen (secondary N) is 1. The highest BCUT2D eigenvalue weighted by Crippen LogP contribution is 2.48. The Hall–Kier alpha value is -0.510. The molecule has 0 spiro atoms. The molecule has 0 unspecified atom stereocenters. The van der Waals surface area contributed by atoms with E-state index in [-0.39, 0.29) is 19.4 Å². The van der Waals surface area contributed by atoms with Crippen LogP contribution in [-0.2, 0) is 0 Å². The van der Waals surface area contributed by atoms with Crippen molar-refractivity contribution in [3.63, 3.8) is 0 Å². The zero-order valence-electron chi connectivity index (χ0n) is 6.96. The van der Waals surface area contributed by atoms with Crippen molar-refractivity contribution in [1.29, 1.82) is 0 Å². The summed E-state index contributed by atoms with van der Waals surface area (Å²) in [5.74, 6) is 0. The lowest BCUT2D eigenvalue weighted by Crippen LogP contribution is -2.45. The smallest absolute Gasteiger partial charge is 0.300 e. The molecule has 0 aliphatic heterocycles. The van der Waals surface area contributed by atoms with Crippen LogP contribution in [0.3, 0.4) is 0 Å². The zero-order chi connectivity index (χ0) is 9.41. The normalized spacial score (nSPS) is 20.7. The van der Waals surface area contributed by atoms with E-state index in [2.05, 4.69) is 11.9 Å². The minimum Gasteiger partial charge on any atom is -0.300 e. The fourth-order valence-corrected chi connectivity index (χ4v) is 1.01. The van der Waals surface area contributed by atoms with E-state index in [1.54, 1.807) is 6.92 Å². The van der Waals surface area contributed by atoms with Crippen LogP contribution < -0.4 is 5.32 Å². The van der Waals surface area contributed by atoms with Crippen LogP contribution in [0.25, 0.3) is 0 Å². The number of hydrogen-bond acceptors (Lipinski definition) is 1. The highest BCUT2D eigenvalue weighted by molar-refractivity contribution is 5.10. The van der Waals surface area contributed by atoms with Gasteiger partial charge in [0, 0.05) is 6.54 Å². The Bertz CT molecular complexity index is 191. The van der Waals surface area contributed by atoms with Crippen LogP contribution in [0, 0.1) is 0 Å². The average molecular weight is 179 g/mol. The van der Waals surface area contributed by atoms with E-state index in [0.717, 1.165) is 5.57 Å². The van der Waals surface area contributed by atoms with Gasteiger partial charge in [-0.1, -0.05) is 12.2 Å². The molecule has 1 aliphatic carbocycles. The predicted molar refractivity (Wildman–Crippen MR) is 40.8 cm³/mol. The average Bonchev–Trinajstić information content (AvgIpc) is 2.60. The van der Waals surface area contributed by atoms with E-state index >= 15 is 0 Å². The van der Waals surface area contributed by atoms with E-state index in [9.17, 15) is 13.2 Å². The highest BCUT2D eigenvalue weighted by Gasteiger charge is 2.62. The Kier molecular flexibility index (Phi) is 2.21. The zero-order valence-corrected chi connectivity index (χ0v) is 6.96. The third-order valence-electron chi connectivity index (χ3n) is 2.02. The summed E-state index contributed by atoms with van der Waals surface area (Å²) < 4.78 is 36.8. The summed E-state index contributed by atoms with van der Waals surface area (Å²) in [5.41, 5.74) is -0.864. The Morgan fingerprint density at radius 1 is 1.50 bits per heavy atom. The maximum atomic E-state index is 12.3. The van der Waals surface area contributed by atoms with Gasteiger partial charge in [-0.05, 0) is 19.8 Å². The minimum absolute atomic E-state index is 0.198. The van der Waals surface area contributed by atoms with Gasteiger partial charge in [0.25, 0.3) is 0 Å². The van der Waals surface area contributed by atoms with Gasteiger partial charge in [-0.3, -0.25) is 5.32 Å². The summed E-state index contributed by atoms with van der Waals surface area (Å²) in [6.07, 6.45) is -3.71. The molecule has 0 radical (unpaired) electrons. The third kappa shape index (κ3) is 1.80. The van der Waals surface area contributed by atoms with Gasteiger partial charge in [-0.25, -0.2) is 0 Å². The maximum Gasteiger partial charge on any atom is 0.406 e. The molecule has 0 atom stereocenters. The monoisotopic (exact) mass is 179 g/mol. The third-order valence-corrected chi connectivity index (χ3v) is 2.02. The molecule has 12 heavy (non-hydrogen) atoms. The summed E-state index contributed by atoms with van der Waals surface area (Å²) in [6.45, 7) is 5.50. The summed E-state index contributed by atoms with van der Waals surface area (Å²) in [4.78, 5) is 0. The van der Waals surface area contributed by atoms with E-state index in [1.807, 2.05) is 0 Å². The van der Waals surface area contributed by atoms with E-state index in [0.29, 0.717) is 0 Å². The summed E-state index contributed by atoms with van der Waals surface area (Å²) >= 11 is 0. The molecule has 1 fully saturated rings. The van der Waals surface area contributed by atoms with Crippen LogP contribution in [-0.4, -0.2) is 18.3 Å². The SMILES string of the molecule is C=C(C)CNC1(C(F)(F)F)CC1. The molecule has 1 N–H and O–H groups in total. The standard InChI is InChI=1S/C8H12F3N/c1-6(2)5-12-7(3-4-7)8(9,10)11/h12H,1,3-5H2,2H3. The molecule has 1 saturated carbocycles. The Morgan fingerprint density at radius 2 is 2.00 bits per heavy atom. The first-order valence-corrected chi connectivity index (χ1v) is 3.83. The van der Waals surface area contributed by atoms with E-state index < -0.39 is 11.7 Å². The van der Waals surface area contributed by atoms with Gasteiger partial charge in [-0.15, -0.1) is 0 Å². The molecule has 1 rings (SSSR count).